The van der Waals surface area contributed by atoms with E-state index in [-0.39, 0.29) is 0 Å². The average molecular weight is 446 g/mol. The average Bonchev–Trinajstić information content (AvgIpc) is 3.16. The minimum Gasteiger partial charge on any atom is -0.352 e. The molecule has 166 valence electrons. The molecule has 6 heteroatoms. The number of aromatic nitrogens is 1. The molecule has 5 rings (SSSR count). The van der Waals surface area contributed by atoms with Crippen LogP contribution in [0, 0.1) is 0 Å². The van der Waals surface area contributed by atoms with Gasteiger partial charge >= 0.3 is 0 Å². The molecule has 3 aromatic rings. The summed E-state index contributed by atoms with van der Waals surface area (Å²) in [5, 5.41) is 9.67. The lowest BCUT2D eigenvalue weighted by atomic mass is 10.0. The molecule has 2 aliphatic rings. The largest absolute Gasteiger partial charge is 0.352 e. The summed E-state index contributed by atoms with van der Waals surface area (Å²) in [6.07, 6.45) is 5.60. The Hall–Kier alpha value is -2.70. The molecule has 1 atom stereocenters. The molecule has 2 N–H and O–H groups in total. The van der Waals surface area contributed by atoms with Gasteiger partial charge in [-0.2, -0.15) is 0 Å². The van der Waals surface area contributed by atoms with E-state index < -0.39 is 0 Å². The Morgan fingerprint density at radius 3 is 2.78 bits per heavy atom. The second-order valence-corrected chi connectivity index (χ2v) is 9.67. The lowest BCUT2D eigenvalue weighted by Crippen LogP contribution is -2.53. The van der Waals surface area contributed by atoms with Crippen molar-refractivity contribution in [3.63, 3.8) is 0 Å². The first-order valence-electron chi connectivity index (χ1n) is 11.8. The van der Waals surface area contributed by atoms with Gasteiger partial charge in [-0.15, -0.1) is 11.3 Å². The molecule has 1 fully saturated rings. The van der Waals surface area contributed by atoms with Gasteiger partial charge in [0.05, 0.1) is 16.4 Å². The molecule has 0 saturated carbocycles. The fourth-order valence-electron chi connectivity index (χ4n) is 4.42. The van der Waals surface area contributed by atoms with Crippen molar-refractivity contribution in [1.82, 2.24) is 15.2 Å². The first-order chi connectivity index (χ1) is 15.8. The SMILES string of the molecule is CCCCc1nc2c(s1)Nc1ccccc1N=C2N1CCNC(CCc2ccccc2)C1. The van der Waals surface area contributed by atoms with Gasteiger partial charge in [0, 0.05) is 25.7 Å². The molecule has 1 aromatic heterocycles. The Morgan fingerprint density at radius 1 is 1.06 bits per heavy atom. The van der Waals surface area contributed by atoms with Crippen molar-refractivity contribution in [3.05, 3.63) is 70.9 Å². The smallest absolute Gasteiger partial charge is 0.158 e. The van der Waals surface area contributed by atoms with Crippen LogP contribution in [0.4, 0.5) is 16.4 Å². The van der Waals surface area contributed by atoms with Crippen molar-refractivity contribution in [2.75, 3.05) is 25.0 Å². The number of thiazole rings is 1. The van der Waals surface area contributed by atoms with E-state index >= 15 is 0 Å². The van der Waals surface area contributed by atoms with Crippen LogP contribution in [0.3, 0.4) is 0 Å². The minimum atomic E-state index is 0.444. The normalized spacial score (nSPS) is 17.7. The number of amidine groups is 1. The highest BCUT2D eigenvalue weighted by Crippen LogP contribution is 2.38. The third-order valence-corrected chi connectivity index (χ3v) is 7.22. The summed E-state index contributed by atoms with van der Waals surface area (Å²) in [6, 6.07) is 19.5. The molecule has 2 aliphatic heterocycles. The number of unbranched alkanes of at least 4 members (excludes halogenated alkanes) is 1. The van der Waals surface area contributed by atoms with Gasteiger partial charge in [-0.3, -0.25) is 0 Å². The van der Waals surface area contributed by atoms with Crippen molar-refractivity contribution < 1.29 is 0 Å². The van der Waals surface area contributed by atoms with E-state index in [0.717, 1.165) is 66.8 Å². The Bertz CT molecular complexity index is 1070. The quantitative estimate of drug-likeness (QED) is 0.524. The third-order valence-electron chi connectivity index (χ3n) is 6.19. The van der Waals surface area contributed by atoms with E-state index in [1.54, 1.807) is 11.3 Å². The predicted molar refractivity (Wildman–Crippen MR) is 135 cm³/mol. The summed E-state index contributed by atoms with van der Waals surface area (Å²) in [5.41, 5.74) is 4.46. The van der Waals surface area contributed by atoms with Crippen molar-refractivity contribution in [3.8, 4) is 0 Å². The number of fused-ring (bicyclic) bond motifs is 2. The number of hydrogen-bond donors (Lipinski definition) is 2. The Kier molecular flexibility index (Phi) is 6.51. The molecule has 0 bridgehead atoms. The number of benzene rings is 2. The summed E-state index contributed by atoms with van der Waals surface area (Å²) < 4.78 is 0. The fourth-order valence-corrected chi connectivity index (χ4v) is 5.43. The number of aliphatic imine (C=N–C) groups is 1. The zero-order chi connectivity index (χ0) is 21.8. The molecule has 3 heterocycles. The van der Waals surface area contributed by atoms with Gasteiger partial charge in [0.1, 0.15) is 10.7 Å². The van der Waals surface area contributed by atoms with Crippen LogP contribution < -0.4 is 10.6 Å². The number of hydrogen-bond acceptors (Lipinski definition) is 6. The number of piperazine rings is 1. The van der Waals surface area contributed by atoms with Crippen LogP contribution in [-0.2, 0) is 12.8 Å². The van der Waals surface area contributed by atoms with Gasteiger partial charge in [0.15, 0.2) is 5.84 Å². The molecule has 0 aliphatic carbocycles. The highest BCUT2D eigenvalue weighted by molar-refractivity contribution is 7.16. The van der Waals surface area contributed by atoms with Gasteiger partial charge in [-0.1, -0.05) is 55.8 Å². The summed E-state index contributed by atoms with van der Waals surface area (Å²) >= 11 is 1.78. The Balaban J connectivity index is 1.40. The molecule has 32 heavy (non-hydrogen) atoms. The zero-order valence-corrected chi connectivity index (χ0v) is 19.5. The minimum absolute atomic E-state index is 0.444. The lowest BCUT2D eigenvalue weighted by molar-refractivity contribution is 0.282. The second-order valence-electron chi connectivity index (χ2n) is 8.59. The number of anilines is 2. The van der Waals surface area contributed by atoms with E-state index in [4.69, 9.17) is 9.98 Å². The molecule has 2 aromatic carbocycles. The van der Waals surface area contributed by atoms with Crippen LogP contribution >= 0.6 is 11.3 Å². The van der Waals surface area contributed by atoms with Crippen LogP contribution in [0.1, 0.15) is 42.5 Å². The van der Waals surface area contributed by atoms with Gasteiger partial charge in [-0.05, 0) is 43.4 Å². The molecule has 1 unspecified atom stereocenters. The number of para-hydroxylation sites is 2. The molecule has 1 saturated heterocycles. The third kappa shape index (κ3) is 4.71. The topological polar surface area (TPSA) is 52.6 Å². The van der Waals surface area contributed by atoms with Gasteiger partial charge in [0.25, 0.3) is 0 Å². The Morgan fingerprint density at radius 2 is 1.91 bits per heavy atom. The van der Waals surface area contributed by atoms with E-state index in [9.17, 15) is 0 Å². The van der Waals surface area contributed by atoms with E-state index in [2.05, 4.69) is 77.1 Å². The number of nitrogens with zero attached hydrogens (tertiary/aromatic N) is 3. The van der Waals surface area contributed by atoms with Crippen LogP contribution in [0.15, 0.2) is 59.6 Å². The molecular weight excluding hydrogens is 414 g/mol. The van der Waals surface area contributed by atoms with Crippen LogP contribution in [0.25, 0.3) is 0 Å². The molecule has 0 spiro atoms. The fraction of sp³-hybridized carbons (Fsp3) is 0.385. The molecule has 0 radical (unpaired) electrons. The highest BCUT2D eigenvalue weighted by Gasteiger charge is 2.28. The highest BCUT2D eigenvalue weighted by atomic mass is 32.1. The number of nitrogens with one attached hydrogen (secondary N) is 2. The van der Waals surface area contributed by atoms with Crippen molar-refractivity contribution in [1.29, 1.82) is 0 Å². The van der Waals surface area contributed by atoms with Gasteiger partial charge in [0.2, 0.25) is 0 Å². The van der Waals surface area contributed by atoms with E-state index in [1.807, 2.05) is 0 Å². The summed E-state index contributed by atoms with van der Waals surface area (Å²) in [5.74, 6) is 1.02. The number of aryl methyl sites for hydroxylation is 2. The maximum Gasteiger partial charge on any atom is 0.158 e. The van der Waals surface area contributed by atoms with E-state index in [1.165, 1.54) is 23.4 Å². The molecule has 5 nitrogen and oxygen atoms in total. The van der Waals surface area contributed by atoms with Crippen LogP contribution in [-0.4, -0.2) is 41.4 Å². The monoisotopic (exact) mass is 445 g/mol. The summed E-state index contributed by atoms with van der Waals surface area (Å²) in [6.45, 7) is 5.10. The summed E-state index contributed by atoms with van der Waals surface area (Å²) in [4.78, 5) is 12.7. The maximum absolute atomic E-state index is 5.15. The van der Waals surface area contributed by atoms with E-state index in [0.29, 0.717) is 6.04 Å². The summed E-state index contributed by atoms with van der Waals surface area (Å²) in [7, 11) is 0. The van der Waals surface area contributed by atoms with Crippen LogP contribution in [0.2, 0.25) is 0 Å². The Labute approximate surface area is 194 Å². The van der Waals surface area contributed by atoms with Gasteiger partial charge < -0.3 is 15.5 Å². The maximum atomic E-state index is 5.15. The molecule has 0 amide bonds. The van der Waals surface area contributed by atoms with Gasteiger partial charge in [-0.25, -0.2) is 9.98 Å². The van der Waals surface area contributed by atoms with Crippen molar-refractivity contribution in [2.24, 2.45) is 4.99 Å². The molecular formula is C26H31N5S. The van der Waals surface area contributed by atoms with Crippen molar-refractivity contribution >= 4 is 33.5 Å². The zero-order valence-electron chi connectivity index (χ0n) is 18.7. The standard InChI is InChI=1S/C26H31N5S/c1-2-3-13-23-30-24-25(28-21-11-7-8-12-22(21)29-26(24)32-23)31-17-16-27-20(18-31)15-14-19-9-5-4-6-10-19/h4-12,20,27,29H,2-3,13-18H2,1H3. The predicted octanol–water partition coefficient (Wildman–Crippen LogP) is 5.53. The second kappa shape index (κ2) is 9.84. The first kappa shape index (κ1) is 21.2. The van der Waals surface area contributed by atoms with Crippen LogP contribution in [0.5, 0.6) is 0 Å². The lowest BCUT2D eigenvalue weighted by Gasteiger charge is -2.35. The van der Waals surface area contributed by atoms with Crippen molar-refractivity contribution in [2.45, 2.75) is 45.1 Å². The first-order valence-corrected chi connectivity index (χ1v) is 12.6. The number of rotatable bonds is 6.